The number of hydrogen-bond donors (Lipinski definition) is 1. The molecule has 2 aromatic heterocycles. The smallest absolute Gasteiger partial charge is 0.120 e. The van der Waals surface area contributed by atoms with Crippen LogP contribution in [0.4, 0.5) is 0 Å². The number of hydrogen-bond acceptors (Lipinski definition) is 3. The Labute approximate surface area is 95.5 Å². The zero-order valence-corrected chi connectivity index (χ0v) is 9.64. The van der Waals surface area contributed by atoms with E-state index in [1.165, 1.54) is 0 Å². The van der Waals surface area contributed by atoms with Crippen molar-refractivity contribution in [1.29, 1.82) is 0 Å². The van der Waals surface area contributed by atoms with Crippen LogP contribution in [-0.4, -0.2) is 0 Å². The second-order valence-electron chi connectivity index (χ2n) is 3.88. The van der Waals surface area contributed by atoms with Crippen LogP contribution in [0, 0.1) is 0 Å². The lowest BCUT2D eigenvalue weighted by Gasteiger charge is -2.19. The van der Waals surface area contributed by atoms with Gasteiger partial charge in [-0.1, -0.05) is 6.92 Å². The van der Waals surface area contributed by atoms with Gasteiger partial charge in [-0.05, 0) is 37.6 Å². The van der Waals surface area contributed by atoms with Crippen LogP contribution in [0.25, 0.3) is 0 Å². The van der Waals surface area contributed by atoms with E-state index in [0.29, 0.717) is 0 Å². The van der Waals surface area contributed by atoms with Crippen molar-refractivity contribution >= 4 is 0 Å². The van der Waals surface area contributed by atoms with Crippen LogP contribution < -0.4 is 5.32 Å². The van der Waals surface area contributed by atoms with Gasteiger partial charge in [0.1, 0.15) is 11.5 Å². The molecular weight excluding hydrogens is 202 g/mol. The maximum atomic E-state index is 5.41. The van der Waals surface area contributed by atoms with Crippen LogP contribution in [0.1, 0.15) is 43.9 Å². The summed E-state index contributed by atoms with van der Waals surface area (Å²) in [6, 6.07) is 8.21. The van der Waals surface area contributed by atoms with Gasteiger partial charge in [0, 0.05) is 0 Å². The fourth-order valence-corrected chi connectivity index (χ4v) is 1.81. The molecule has 2 atom stereocenters. The third kappa shape index (κ3) is 2.36. The van der Waals surface area contributed by atoms with Gasteiger partial charge in [0.25, 0.3) is 0 Å². The van der Waals surface area contributed by atoms with Crippen LogP contribution >= 0.6 is 0 Å². The SMILES string of the molecule is CCC(NC(C)c1ccco1)c1ccco1. The molecule has 0 saturated carbocycles. The highest BCUT2D eigenvalue weighted by Gasteiger charge is 2.16. The lowest BCUT2D eigenvalue weighted by Crippen LogP contribution is -2.23. The molecule has 0 amide bonds. The van der Waals surface area contributed by atoms with Crippen LogP contribution in [0.3, 0.4) is 0 Å². The van der Waals surface area contributed by atoms with E-state index >= 15 is 0 Å². The summed E-state index contributed by atoms with van der Waals surface area (Å²) in [6.07, 6.45) is 4.39. The zero-order valence-electron chi connectivity index (χ0n) is 9.64. The van der Waals surface area contributed by atoms with Crippen molar-refractivity contribution < 1.29 is 8.83 Å². The quantitative estimate of drug-likeness (QED) is 0.833. The van der Waals surface area contributed by atoms with Crippen LogP contribution in [0.15, 0.2) is 45.6 Å². The van der Waals surface area contributed by atoms with Gasteiger partial charge >= 0.3 is 0 Å². The molecule has 3 heteroatoms. The standard InChI is InChI=1S/C13H17NO2/c1-3-11(13-7-5-9-16-13)14-10(2)12-6-4-8-15-12/h4-11,14H,3H2,1-2H3. The Morgan fingerprint density at radius 1 is 1.12 bits per heavy atom. The Hall–Kier alpha value is -1.48. The second kappa shape index (κ2) is 5.03. The van der Waals surface area contributed by atoms with Crippen molar-refractivity contribution in [2.75, 3.05) is 0 Å². The molecule has 2 heterocycles. The molecule has 1 N–H and O–H groups in total. The Bertz CT molecular complexity index is 392. The maximum Gasteiger partial charge on any atom is 0.120 e. The van der Waals surface area contributed by atoms with Gasteiger partial charge in [0.15, 0.2) is 0 Å². The summed E-state index contributed by atoms with van der Waals surface area (Å²) in [7, 11) is 0. The minimum atomic E-state index is 0.185. The van der Waals surface area contributed by atoms with E-state index in [2.05, 4.69) is 19.2 Å². The first-order valence-electron chi connectivity index (χ1n) is 5.64. The monoisotopic (exact) mass is 219 g/mol. The fraction of sp³-hybridized carbons (Fsp3) is 0.385. The molecule has 2 rings (SSSR count). The Morgan fingerprint density at radius 3 is 2.25 bits per heavy atom. The lowest BCUT2D eigenvalue weighted by molar-refractivity contribution is 0.346. The number of rotatable bonds is 5. The Kier molecular flexibility index (Phi) is 3.47. The zero-order chi connectivity index (χ0) is 11.4. The predicted octanol–water partition coefficient (Wildman–Crippen LogP) is 3.67. The highest BCUT2D eigenvalue weighted by atomic mass is 16.3. The highest BCUT2D eigenvalue weighted by molar-refractivity contribution is 5.08. The molecule has 16 heavy (non-hydrogen) atoms. The van der Waals surface area contributed by atoms with Gasteiger partial charge < -0.3 is 8.83 Å². The third-order valence-corrected chi connectivity index (χ3v) is 2.72. The van der Waals surface area contributed by atoms with Crippen molar-refractivity contribution in [2.24, 2.45) is 0 Å². The van der Waals surface area contributed by atoms with Gasteiger partial charge in [-0.3, -0.25) is 5.32 Å². The average Bonchev–Trinajstić information content (AvgIpc) is 2.96. The topological polar surface area (TPSA) is 38.3 Å². The van der Waals surface area contributed by atoms with Gasteiger partial charge in [-0.2, -0.15) is 0 Å². The molecule has 3 nitrogen and oxygen atoms in total. The summed E-state index contributed by atoms with van der Waals surface area (Å²) in [4.78, 5) is 0. The normalized spacial score (nSPS) is 14.9. The van der Waals surface area contributed by atoms with Gasteiger partial charge in [0.2, 0.25) is 0 Å². The van der Waals surface area contributed by atoms with E-state index in [9.17, 15) is 0 Å². The summed E-state index contributed by atoms with van der Waals surface area (Å²) in [5.74, 6) is 1.92. The number of nitrogens with one attached hydrogen (secondary N) is 1. The molecule has 0 fully saturated rings. The van der Waals surface area contributed by atoms with E-state index in [4.69, 9.17) is 8.83 Å². The summed E-state index contributed by atoms with van der Waals surface area (Å²) in [5, 5.41) is 3.48. The van der Waals surface area contributed by atoms with Crippen molar-refractivity contribution in [3.8, 4) is 0 Å². The van der Waals surface area contributed by atoms with Crippen LogP contribution in [0.2, 0.25) is 0 Å². The first kappa shape index (κ1) is 11.0. The molecule has 86 valence electrons. The minimum Gasteiger partial charge on any atom is -0.468 e. The Balaban J connectivity index is 2.02. The largest absolute Gasteiger partial charge is 0.468 e. The van der Waals surface area contributed by atoms with E-state index < -0.39 is 0 Å². The molecule has 0 spiro atoms. The third-order valence-electron chi connectivity index (χ3n) is 2.72. The molecular formula is C13H17NO2. The molecule has 0 aromatic carbocycles. The molecule has 0 aliphatic carbocycles. The first-order valence-corrected chi connectivity index (χ1v) is 5.64. The van der Waals surface area contributed by atoms with Gasteiger partial charge in [-0.15, -0.1) is 0 Å². The second-order valence-corrected chi connectivity index (χ2v) is 3.88. The molecule has 0 bridgehead atoms. The summed E-state index contributed by atoms with van der Waals surface area (Å²) in [6.45, 7) is 4.22. The van der Waals surface area contributed by atoms with E-state index in [-0.39, 0.29) is 12.1 Å². The van der Waals surface area contributed by atoms with E-state index in [1.807, 2.05) is 24.3 Å². The molecule has 2 aromatic rings. The van der Waals surface area contributed by atoms with Crippen molar-refractivity contribution in [3.05, 3.63) is 48.3 Å². The fourth-order valence-electron chi connectivity index (χ4n) is 1.81. The Morgan fingerprint density at radius 2 is 1.75 bits per heavy atom. The number of furan rings is 2. The summed E-state index contributed by atoms with van der Waals surface area (Å²) < 4.78 is 10.8. The first-order chi connectivity index (χ1) is 7.81. The van der Waals surface area contributed by atoms with Gasteiger partial charge in [-0.25, -0.2) is 0 Å². The molecule has 0 radical (unpaired) electrons. The molecule has 2 unspecified atom stereocenters. The van der Waals surface area contributed by atoms with Crippen molar-refractivity contribution in [2.45, 2.75) is 32.4 Å². The lowest BCUT2D eigenvalue weighted by atomic mass is 10.1. The maximum absolute atomic E-state index is 5.41. The van der Waals surface area contributed by atoms with Crippen molar-refractivity contribution in [3.63, 3.8) is 0 Å². The minimum absolute atomic E-state index is 0.185. The van der Waals surface area contributed by atoms with Gasteiger partial charge in [0.05, 0.1) is 24.6 Å². The summed E-state index contributed by atoms with van der Waals surface area (Å²) >= 11 is 0. The molecule has 0 aliphatic heterocycles. The summed E-state index contributed by atoms with van der Waals surface area (Å²) in [5.41, 5.74) is 0. The van der Waals surface area contributed by atoms with E-state index in [0.717, 1.165) is 17.9 Å². The molecule has 0 saturated heterocycles. The highest BCUT2D eigenvalue weighted by Crippen LogP contribution is 2.22. The molecule has 0 aliphatic rings. The van der Waals surface area contributed by atoms with Crippen molar-refractivity contribution in [1.82, 2.24) is 5.32 Å². The average molecular weight is 219 g/mol. The predicted molar refractivity (Wildman–Crippen MR) is 62.0 cm³/mol. The van der Waals surface area contributed by atoms with Crippen LogP contribution in [-0.2, 0) is 0 Å². The van der Waals surface area contributed by atoms with E-state index in [1.54, 1.807) is 12.5 Å². The van der Waals surface area contributed by atoms with Crippen LogP contribution in [0.5, 0.6) is 0 Å².